The highest BCUT2D eigenvalue weighted by atomic mass is 32.1. The summed E-state index contributed by atoms with van der Waals surface area (Å²) in [5.74, 6) is 0.682. The van der Waals surface area contributed by atoms with E-state index in [9.17, 15) is 0 Å². The van der Waals surface area contributed by atoms with Crippen molar-refractivity contribution in [3.8, 4) is 6.07 Å². The van der Waals surface area contributed by atoms with Crippen LogP contribution >= 0.6 is 11.3 Å². The standard InChI is InChI=1S/C11H14N2S/c12-7-6-10-8-14-11(13-10)9-4-2-1-3-5-9/h8-9H,1-6H2. The zero-order chi connectivity index (χ0) is 9.80. The van der Waals surface area contributed by atoms with Crippen LogP contribution in [0.4, 0.5) is 0 Å². The van der Waals surface area contributed by atoms with E-state index >= 15 is 0 Å². The third kappa shape index (κ3) is 2.13. The van der Waals surface area contributed by atoms with Crippen LogP contribution < -0.4 is 0 Å². The zero-order valence-electron chi connectivity index (χ0n) is 8.20. The number of aromatic nitrogens is 1. The molecule has 0 bridgehead atoms. The van der Waals surface area contributed by atoms with E-state index in [0.29, 0.717) is 12.3 Å². The second-order valence-corrected chi connectivity index (χ2v) is 4.74. The second-order valence-electron chi connectivity index (χ2n) is 3.85. The first kappa shape index (κ1) is 9.67. The Morgan fingerprint density at radius 3 is 2.93 bits per heavy atom. The summed E-state index contributed by atoms with van der Waals surface area (Å²) in [5, 5.41) is 11.8. The smallest absolute Gasteiger partial charge is 0.0959 e. The molecule has 1 heterocycles. The summed E-state index contributed by atoms with van der Waals surface area (Å²) in [6.45, 7) is 0. The van der Waals surface area contributed by atoms with Crippen molar-refractivity contribution < 1.29 is 0 Å². The van der Waals surface area contributed by atoms with Crippen molar-refractivity contribution >= 4 is 11.3 Å². The van der Waals surface area contributed by atoms with E-state index in [1.807, 2.05) is 5.38 Å². The zero-order valence-corrected chi connectivity index (χ0v) is 9.02. The van der Waals surface area contributed by atoms with Gasteiger partial charge in [0.05, 0.1) is 23.2 Å². The summed E-state index contributed by atoms with van der Waals surface area (Å²) in [5.41, 5.74) is 0.957. The van der Waals surface area contributed by atoms with Crippen LogP contribution in [-0.4, -0.2) is 4.98 Å². The van der Waals surface area contributed by atoms with Crippen LogP contribution in [0, 0.1) is 11.3 Å². The van der Waals surface area contributed by atoms with Crippen molar-refractivity contribution in [3.63, 3.8) is 0 Å². The van der Waals surface area contributed by atoms with Gasteiger partial charge in [-0.25, -0.2) is 4.98 Å². The lowest BCUT2D eigenvalue weighted by Crippen LogP contribution is -2.04. The lowest BCUT2D eigenvalue weighted by molar-refractivity contribution is 0.442. The molecule has 74 valence electrons. The van der Waals surface area contributed by atoms with Gasteiger partial charge in [-0.1, -0.05) is 19.3 Å². The molecule has 1 aromatic heterocycles. The molecule has 3 heteroatoms. The fraction of sp³-hybridized carbons (Fsp3) is 0.636. The molecule has 0 N–H and O–H groups in total. The van der Waals surface area contributed by atoms with Gasteiger partial charge in [-0.2, -0.15) is 5.26 Å². The number of hydrogen-bond acceptors (Lipinski definition) is 3. The summed E-state index contributed by atoms with van der Waals surface area (Å²) >= 11 is 1.73. The number of hydrogen-bond donors (Lipinski definition) is 0. The molecule has 0 amide bonds. The number of rotatable bonds is 2. The molecule has 1 saturated carbocycles. The first-order chi connectivity index (χ1) is 6.90. The summed E-state index contributed by atoms with van der Waals surface area (Å²) < 4.78 is 0. The molecule has 2 nitrogen and oxygen atoms in total. The second kappa shape index (κ2) is 4.56. The van der Waals surface area contributed by atoms with Crippen LogP contribution in [0.5, 0.6) is 0 Å². The molecule has 0 aromatic carbocycles. The average Bonchev–Trinajstić information content (AvgIpc) is 2.68. The van der Waals surface area contributed by atoms with Gasteiger partial charge in [-0.15, -0.1) is 11.3 Å². The van der Waals surface area contributed by atoms with Crippen molar-refractivity contribution in [1.29, 1.82) is 5.26 Å². The van der Waals surface area contributed by atoms with E-state index in [4.69, 9.17) is 5.26 Å². The van der Waals surface area contributed by atoms with Crippen LogP contribution in [-0.2, 0) is 6.42 Å². The fourth-order valence-electron chi connectivity index (χ4n) is 2.02. The molecule has 1 fully saturated rings. The van der Waals surface area contributed by atoms with Gasteiger partial charge in [-0.3, -0.25) is 0 Å². The van der Waals surface area contributed by atoms with Gasteiger partial charge < -0.3 is 0 Å². The van der Waals surface area contributed by atoms with Gasteiger partial charge >= 0.3 is 0 Å². The number of nitriles is 1. The first-order valence-corrected chi connectivity index (χ1v) is 6.09. The maximum absolute atomic E-state index is 8.55. The summed E-state index contributed by atoms with van der Waals surface area (Å²) in [6.07, 6.45) is 7.12. The van der Waals surface area contributed by atoms with Gasteiger partial charge in [0.15, 0.2) is 0 Å². The summed E-state index contributed by atoms with van der Waals surface area (Å²) in [4.78, 5) is 4.52. The molecule has 2 rings (SSSR count). The maximum Gasteiger partial charge on any atom is 0.0959 e. The predicted octanol–water partition coefficient (Wildman–Crippen LogP) is 3.26. The highest BCUT2D eigenvalue weighted by molar-refractivity contribution is 7.09. The quantitative estimate of drug-likeness (QED) is 0.744. The van der Waals surface area contributed by atoms with Gasteiger partial charge in [-0.05, 0) is 12.8 Å². The van der Waals surface area contributed by atoms with E-state index in [1.54, 1.807) is 11.3 Å². The van der Waals surface area contributed by atoms with Gasteiger partial charge in [0.1, 0.15) is 0 Å². The highest BCUT2D eigenvalue weighted by Gasteiger charge is 2.18. The topological polar surface area (TPSA) is 36.7 Å². The number of nitrogens with zero attached hydrogens (tertiary/aromatic N) is 2. The minimum absolute atomic E-state index is 0.462. The molecule has 1 aliphatic carbocycles. The fourth-order valence-corrected chi connectivity index (χ4v) is 3.01. The molecule has 0 atom stereocenters. The molecule has 0 spiro atoms. The minimum atomic E-state index is 0.462. The third-order valence-corrected chi connectivity index (χ3v) is 3.84. The van der Waals surface area contributed by atoms with Crippen LogP contribution in [0.25, 0.3) is 0 Å². The molecule has 14 heavy (non-hydrogen) atoms. The van der Waals surface area contributed by atoms with Crippen molar-refractivity contribution in [2.75, 3.05) is 0 Å². The van der Waals surface area contributed by atoms with E-state index in [1.165, 1.54) is 37.1 Å². The Labute approximate surface area is 88.6 Å². The van der Waals surface area contributed by atoms with E-state index in [0.717, 1.165) is 5.69 Å². The number of thiazole rings is 1. The summed E-state index contributed by atoms with van der Waals surface area (Å²) in [7, 11) is 0. The van der Waals surface area contributed by atoms with E-state index < -0.39 is 0 Å². The van der Waals surface area contributed by atoms with Crippen molar-refractivity contribution in [3.05, 3.63) is 16.1 Å². The Bertz CT molecular complexity index is 331. The molecular formula is C11H14N2S. The Kier molecular flexibility index (Phi) is 3.15. The van der Waals surface area contributed by atoms with Gasteiger partial charge in [0.2, 0.25) is 0 Å². The normalized spacial score (nSPS) is 17.9. The molecule has 0 aliphatic heterocycles. The van der Waals surface area contributed by atoms with Crippen LogP contribution in [0.3, 0.4) is 0 Å². The van der Waals surface area contributed by atoms with Gasteiger partial charge in [0.25, 0.3) is 0 Å². The average molecular weight is 206 g/mol. The molecule has 1 aliphatic rings. The van der Waals surface area contributed by atoms with Crippen molar-refractivity contribution in [2.45, 2.75) is 44.4 Å². The van der Waals surface area contributed by atoms with Crippen molar-refractivity contribution in [2.24, 2.45) is 0 Å². The molecule has 0 unspecified atom stereocenters. The molecule has 0 saturated heterocycles. The maximum atomic E-state index is 8.55. The molecule has 1 aromatic rings. The van der Waals surface area contributed by atoms with Crippen molar-refractivity contribution in [1.82, 2.24) is 4.98 Å². The first-order valence-electron chi connectivity index (χ1n) is 5.21. The lowest BCUT2D eigenvalue weighted by atomic mass is 9.90. The molecular weight excluding hydrogens is 192 g/mol. The Morgan fingerprint density at radius 2 is 2.21 bits per heavy atom. The Balaban J connectivity index is 2.04. The predicted molar refractivity (Wildman–Crippen MR) is 57.3 cm³/mol. The Morgan fingerprint density at radius 1 is 1.43 bits per heavy atom. The van der Waals surface area contributed by atoms with Crippen LogP contribution in [0.15, 0.2) is 5.38 Å². The lowest BCUT2D eigenvalue weighted by Gasteiger charge is -2.18. The Hall–Kier alpha value is -0.880. The largest absolute Gasteiger partial charge is 0.245 e. The van der Waals surface area contributed by atoms with E-state index in [2.05, 4.69) is 11.1 Å². The monoisotopic (exact) mass is 206 g/mol. The van der Waals surface area contributed by atoms with Crippen LogP contribution in [0.1, 0.15) is 48.7 Å². The summed E-state index contributed by atoms with van der Waals surface area (Å²) in [6, 6.07) is 2.14. The van der Waals surface area contributed by atoms with Crippen LogP contribution in [0.2, 0.25) is 0 Å². The van der Waals surface area contributed by atoms with Gasteiger partial charge in [0, 0.05) is 11.3 Å². The van der Waals surface area contributed by atoms with E-state index in [-0.39, 0.29) is 0 Å². The third-order valence-electron chi connectivity index (χ3n) is 2.78. The molecule has 0 radical (unpaired) electrons. The minimum Gasteiger partial charge on any atom is -0.245 e. The highest BCUT2D eigenvalue weighted by Crippen LogP contribution is 2.34. The SMILES string of the molecule is N#CCc1csc(C2CCCCC2)n1.